The van der Waals surface area contributed by atoms with E-state index in [1.165, 1.54) is 0 Å². The minimum absolute atomic E-state index is 0.0811. The molecule has 0 bridgehead atoms. The molecule has 0 spiro atoms. The first kappa shape index (κ1) is 26.7. The number of aliphatic hydroxyl groups is 1. The third-order valence-electron chi connectivity index (χ3n) is 6.05. The van der Waals surface area contributed by atoms with Crippen LogP contribution >= 0.6 is 0 Å². The van der Waals surface area contributed by atoms with Crippen LogP contribution in [0.5, 0.6) is 17.4 Å². The van der Waals surface area contributed by atoms with E-state index in [4.69, 9.17) is 19.3 Å². The van der Waals surface area contributed by atoms with Crippen LogP contribution in [0.15, 0.2) is 54.6 Å². The molecule has 0 aliphatic rings. The molecule has 3 rings (SSSR count). The number of aryl methyl sites for hydroxylation is 1. The van der Waals surface area contributed by atoms with Gasteiger partial charge >= 0.3 is 0 Å². The van der Waals surface area contributed by atoms with Gasteiger partial charge in [0.25, 0.3) is 0 Å². The summed E-state index contributed by atoms with van der Waals surface area (Å²) in [7, 11) is 1.64. The SMILES string of the molecule is CC[C@H](C)N(Cc1c(C)nn(-c2ccccc2)c1Oc1ccc(OC)cc1)C[C@H](O)COC(C)C. The van der Waals surface area contributed by atoms with Crippen molar-refractivity contribution in [3.63, 3.8) is 0 Å². The highest BCUT2D eigenvalue weighted by molar-refractivity contribution is 5.44. The summed E-state index contributed by atoms with van der Waals surface area (Å²) >= 11 is 0. The molecular formula is C28H39N3O4. The van der Waals surface area contributed by atoms with Crippen LogP contribution in [0.1, 0.15) is 45.4 Å². The molecule has 0 unspecified atom stereocenters. The first-order chi connectivity index (χ1) is 16.8. The van der Waals surface area contributed by atoms with Crippen molar-refractivity contribution < 1.29 is 19.3 Å². The predicted molar refractivity (Wildman–Crippen MR) is 139 cm³/mol. The van der Waals surface area contributed by atoms with Gasteiger partial charge < -0.3 is 19.3 Å². The van der Waals surface area contributed by atoms with Crippen molar-refractivity contribution in [2.75, 3.05) is 20.3 Å². The maximum absolute atomic E-state index is 10.7. The zero-order valence-corrected chi connectivity index (χ0v) is 21.8. The Hall–Kier alpha value is -2.87. The molecule has 2 aromatic carbocycles. The Morgan fingerprint density at radius 1 is 1.00 bits per heavy atom. The monoisotopic (exact) mass is 481 g/mol. The summed E-state index contributed by atoms with van der Waals surface area (Å²) in [6.07, 6.45) is 0.456. The van der Waals surface area contributed by atoms with Gasteiger partial charge in [0.2, 0.25) is 5.88 Å². The summed E-state index contributed by atoms with van der Waals surface area (Å²) in [6.45, 7) is 11.7. The summed E-state index contributed by atoms with van der Waals surface area (Å²) in [4.78, 5) is 2.27. The van der Waals surface area contributed by atoms with Crippen molar-refractivity contribution >= 4 is 0 Å². The second-order valence-electron chi connectivity index (χ2n) is 9.12. The molecule has 0 radical (unpaired) electrons. The maximum Gasteiger partial charge on any atom is 0.227 e. The van der Waals surface area contributed by atoms with Gasteiger partial charge in [-0.15, -0.1) is 0 Å². The summed E-state index contributed by atoms with van der Waals surface area (Å²) < 4.78 is 19.2. The molecule has 0 aliphatic carbocycles. The van der Waals surface area contributed by atoms with E-state index in [1.54, 1.807) is 7.11 Å². The van der Waals surface area contributed by atoms with Gasteiger partial charge in [0, 0.05) is 19.1 Å². The molecule has 0 saturated heterocycles. The van der Waals surface area contributed by atoms with Crippen LogP contribution in [-0.4, -0.2) is 58.3 Å². The number of hydrogen-bond acceptors (Lipinski definition) is 6. The predicted octanol–water partition coefficient (Wildman–Crippen LogP) is 5.37. The largest absolute Gasteiger partial charge is 0.497 e. The number of ether oxygens (including phenoxy) is 3. The molecule has 3 aromatic rings. The van der Waals surface area contributed by atoms with Crippen molar-refractivity contribution in [3.05, 3.63) is 65.9 Å². The van der Waals surface area contributed by atoms with Gasteiger partial charge in [-0.3, -0.25) is 4.90 Å². The lowest BCUT2D eigenvalue weighted by Gasteiger charge is -2.30. The zero-order valence-electron chi connectivity index (χ0n) is 21.8. The standard InChI is InChI=1S/C28H39N3O4/c1-7-21(4)30(17-24(32)19-34-20(2)3)18-27-22(5)29-31(23-11-9-8-10-12-23)28(27)35-26-15-13-25(33-6)14-16-26/h8-16,20-21,24,32H,7,17-19H2,1-6H3/t21-,24-/m0/s1. The molecule has 0 fully saturated rings. The Labute approximate surface area is 209 Å². The Morgan fingerprint density at radius 3 is 2.26 bits per heavy atom. The fourth-order valence-electron chi connectivity index (χ4n) is 3.81. The minimum atomic E-state index is -0.582. The van der Waals surface area contributed by atoms with Gasteiger partial charge in [0.1, 0.15) is 11.5 Å². The number of aliphatic hydroxyl groups excluding tert-OH is 1. The molecule has 0 saturated carbocycles. The number of methoxy groups -OCH3 is 1. The van der Waals surface area contributed by atoms with E-state index in [-0.39, 0.29) is 12.1 Å². The van der Waals surface area contributed by atoms with Gasteiger partial charge in [-0.25, -0.2) is 4.68 Å². The van der Waals surface area contributed by atoms with Crippen LogP contribution in [0.2, 0.25) is 0 Å². The Kier molecular flexibility index (Phi) is 9.72. The Balaban J connectivity index is 1.95. The average Bonchev–Trinajstić information content (AvgIpc) is 3.17. The Bertz CT molecular complexity index is 1030. The first-order valence-corrected chi connectivity index (χ1v) is 12.3. The fourth-order valence-corrected chi connectivity index (χ4v) is 3.81. The zero-order chi connectivity index (χ0) is 25.4. The highest BCUT2D eigenvalue weighted by Gasteiger charge is 2.25. The molecule has 7 nitrogen and oxygen atoms in total. The van der Waals surface area contributed by atoms with E-state index in [1.807, 2.05) is 80.1 Å². The van der Waals surface area contributed by atoms with Crippen LogP contribution in [-0.2, 0) is 11.3 Å². The molecule has 2 atom stereocenters. The smallest absolute Gasteiger partial charge is 0.227 e. The summed E-state index contributed by atoms with van der Waals surface area (Å²) in [5.41, 5.74) is 2.80. The Morgan fingerprint density at radius 2 is 1.66 bits per heavy atom. The average molecular weight is 482 g/mol. The molecule has 0 aliphatic heterocycles. The van der Waals surface area contributed by atoms with E-state index >= 15 is 0 Å². The van der Waals surface area contributed by atoms with E-state index in [9.17, 15) is 5.11 Å². The second kappa shape index (κ2) is 12.7. The summed E-state index contributed by atoms with van der Waals surface area (Å²) in [5, 5.41) is 15.5. The topological polar surface area (TPSA) is 69.0 Å². The van der Waals surface area contributed by atoms with Crippen molar-refractivity contribution in [2.24, 2.45) is 0 Å². The van der Waals surface area contributed by atoms with Crippen LogP contribution in [0.3, 0.4) is 0 Å². The number of para-hydroxylation sites is 1. The van der Waals surface area contributed by atoms with Crippen LogP contribution in [0.4, 0.5) is 0 Å². The molecule has 7 heteroatoms. The van der Waals surface area contributed by atoms with E-state index in [2.05, 4.69) is 18.7 Å². The van der Waals surface area contributed by atoms with E-state index < -0.39 is 6.10 Å². The van der Waals surface area contributed by atoms with Crippen LogP contribution in [0, 0.1) is 6.92 Å². The number of hydrogen-bond donors (Lipinski definition) is 1. The van der Waals surface area contributed by atoms with Gasteiger partial charge in [-0.2, -0.15) is 5.10 Å². The van der Waals surface area contributed by atoms with Crippen molar-refractivity contribution in [1.82, 2.24) is 14.7 Å². The first-order valence-electron chi connectivity index (χ1n) is 12.3. The third-order valence-corrected chi connectivity index (χ3v) is 6.05. The highest BCUT2D eigenvalue weighted by Crippen LogP contribution is 2.33. The molecule has 190 valence electrons. The van der Waals surface area contributed by atoms with E-state index in [0.717, 1.165) is 29.1 Å². The summed E-state index contributed by atoms with van der Waals surface area (Å²) in [5.74, 6) is 2.13. The molecule has 1 aromatic heterocycles. The van der Waals surface area contributed by atoms with Crippen molar-refractivity contribution in [1.29, 1.82) is 0 Å². The minimum Gasteiger partial charge on any atom is -0.497 e. The van der Waals surface area contributed by atoms with Crippen LogP contribution in [0.25, 0.3) is 5.69 Å². The normalized spacial score (nSPS) is 13.3. The lowest BCUT2D eigenvalue weighted by atomic mass is 10.1. The molecular weight excluding hydrogens is 442 g/mol. The third kappa shape index (κ3) is 7.31. The number of benzene rings is 2. The van der Waals surface area contributed by atoms with Gasteiger partial charge in [0.15, 0.2) is 0 Å². The second-order valence-corrected chi connectivity index (χ2v) is 9.12. The highest BCUT2D eigenvalue weighted by atomic mass is 16.5. The van der Waals surface area contributed by atoms with Crippen molar-refractivity contribution in [3.8, 4) is 23.1 Å². The summed E-state index contributed by atoms with van der Waals surface area (Å²) in [6, 6.07) is 17.8. The number of rotatable bonds is 13. The fraction of sp³-hybridized carbons (Fsp3) is 0.464. The molecule has 35 heavy (non-hydrogen) atoms. The van der Waals surface area contributed by atoms with Gasteiger partial charge in [-0.05, 0) is 70.5 Å². The number of nitrogens with zero attached hydrogens (tertiary/aromatic N) is 3. The van der Waals surface area contributed by atoms with Crippen molar-refractivity contribution in [2.45, 2.75) is 65.8 Å². The lowest BCUT2D eigenvalue weighted by Crippen LogP contribution is -2.40. The maximum atomic E-state index is 10.7. The number of aromatic nitrogens is 2. The van der Waals surface area contributed by atoms with E-state index in [0.29, 0.717) is 31.3 Å². The van der Waals surface area contributed by atoms with Gasteiger partial charge in [-0.1, -0.05) is 25.1 Å². The molecule has 1 heterocycles. The van der Waals surface area contributed by atoms with Crippen LogP contribution < -0.4 is 9.47 Å². The quantitative estimate of drug-likeness (QED) is 0.354. The molecule has 0 amide bonds. The van der Waals surface area contributed by atoms with Gasteiger partial charge in [0.05, 0.1) is 42.9 Å². The lowest BCUT2D eigenvalue weighted by molar-refractivity contribution is -0.0150. The molecule has 1 N–H and O–H groups in total.